The second kappa shape index (κ2) is 9.91. The Balaban J connectivity index is 3.43. The van der Waals surface area contributed by atoms with Crippen molar-refractivity contribution in [3.63, 3.8) is 0 Å². The van der Waals surface area contributed by atoms with Crippen LogP contribution in [0.4, 0.5) is 0 Å². The SMILES string of the molecule is CC1(C)[C@@H](O)[C@H](O)[C@@H](CO)[SeH]1C(C)(C)[C@@H](O)[C@@H](OS(=O)(=O)O)[C@H](O)[C@H](O)[C@@H](O)CO. The van der Waals surface area contributed by atoms with Crippen molar-refractivity contribution in [1.29, 1.82) is 0 Å². The monoisotopic (exact) mass is 530 g/mol. The molecule has 0 spiro atoms. The van der Waals surface area contributed by atoms with Gasteiger partial charge in [0, 0.05) is 0 Å². The third-order valence-electron chi connectivity index (χ3n) is 5.74. The second-order valence-electron chi connectivity index (χ2n) is 8.53. The van der Waals surface area contributed by atoms with Gasteiger partial charge in [0.15, 0.2) is 0 Å². The van der Waals surface area contributed by atoms with Gasteiger partial charge in [0.2, 0.25) is 0 Å². The molecule has 0 amide bonds. The molecule has 0 radical (unpaired) electrons. The van der Waals surface area contributed by atoms with Crippen LogP contribution in [0.25, 0.3) is 0 Å². The summed E-state index contributed by atoms with van der Waals surface area (Å²) >= 11 is -2.77. The molecule has 0 saturated carbocycles. The number of hydrogen-bond acceptors (Lipinski definition) is 11. The van der Waals surface area contributed by atoms with Gasteiger partial charge >= 0.3 is 179 Å². The third-order valence-corrected chi connectivity index (χ3v) is 14.9. The van der Waals surface area contributed by atoms with Crippen molar-refractivity contribution in [2.24, 2.45) is 0 Å². The number of aliphatic hydroxyl groups excluding tert-OH is 8. The molecular weight excluding hydrogens is 495 g/mol. The Labute approximate surface area is 179 Å². The Morgan fingerprint density at radius 3 is 1.97 bits per heavy atom. The Kier molecular flexibility index (Phi) is 9.29. The molecule has 0 aromatic rings. The van der Waals surface area contributed by atoms with E-state index in [9.17, 15) is 44.2 Å². The van der Waals surface area contributed by atoms with Crippen LogP contribution in [0.2, 0.25) is 13.4 Å². The molecule has 1 fully saturated rings. The zero-order valence-corrected chi connectivity index (χ0v) is 19.8. The summed E-state index contributed by atoms with van der Waals surface area (Å²) < 4.78 is 33.9. The van der Waals surface area contributed by atoms with Crippen LogP contribution in [0.15, 0.2) is 0 Å². The maximum absolute atomic E-state index is 11.3. The molecule has 9 N–H and O–H groups in total. The first kappa shape index (κ1) is 28.1. The zero-order valence-electron chi connectivity index (χ0n) is 17.1. The molecule has 1 heterocycles. The van der Waals surface area contributed by atoms with Gasteiger partial charge in [0.05, 0.1) is 0 Å². The van der Waals surface area contributed by atoms with E-state index in [1.807, 2.05) is 0 Å². The van der Waals surface area contributed by atoms with Gasteiger partial charge in [-0.15, -0.1) is 0 Å². The van der Waals surface area contributed by atoms with Crippen LogP contribution in [-0.2, 0) is 14.6 Å². The van der Waals surface area contributed by atoms with Gasteiger partial charge < -0.3 is 0 Å². The summed E-state index contributed by atoms with van der Waals surface area (Å²) in [7, 11) is -5.24. The Morgan fingerprint density at radius 2 is 1.57 bits per heavy atom. The van der Waals surface area contributed by atoms with Crippen molar-refractivity contribution in [3.05, 3.63) is 0 Å². The van der Waals surface area contributed by atoms with Crippen LogP contribution in [0.5, 0.6) is 0 Å². The topological polar surface area (TPSA) is 225 Å². The van der Waals surface area contributed by atoms with Crippen LogP contribution in [0, 0.1) is 0 Å². The summed E-state index contributed by atoms with van der Waals surface area (Å²) in [6, 6.07) is 0. The molecule has 0 aromatic carbocycles. The fraction of sp³-hybridized carbons (Fsp3) is 1.00. The predicted octanol–water partition coefficient (Wildman–Crippen LogP) is -3.50. The number of hydrogen-bond donors (Lipinski definition) is 9. The summed E-state index contributed by atoms with van der Waals surface area (Å²) in [5.74, 6) is 0. The van der Waals surface area contributed by atoms with E-state index in [-0.39, 0.29) is 0 Å². The number of rotatable bonds is 10. The fourth-order valence-electron chi connectivity index (χ4n) is 4.22. The Hall–Kier alpha value is 0.0695. The van der Waals surface area contributed by atoms with Gasteiger partial charge in [-0.2, -0.15) is 0 Å². The van der Waals surface area contributed by atoms with Crippen molar-refractivity contribution in [2.75, 3.05) is 13.2 Å². The maximum atomic E-state index is 11.3. The van der Waals surface area contributed by atoms with Crippen LogP contribution < -0.4 is 0 Å². The molecule has 9 atom stereocenters. The summed E-state index contributed by atoms with van der Waals surface area (Å²) in [6.45, 7) is 4.68. The first-order valence-corrected chi connectivity index (χ1v) is 13.5. The van der Waals surface area contributed by atoms with Crippen molar-refractivity contribution < 1.29 is 58.0 Å². The van der Waals surface area contributed by atoms with Crippen molar-refractivity contribution in [2.45, 2.75) is 83.9 Å². The molecule has 182 valence electrons. The molecule has 14 heteroatoms. The molecule has 0 bridgehead atoms. The molecule has 1 aliphatic heterocycles. The molecule has 30 heavy (non-hydrogen) atoms. The van der Waals surface area contributed by atoms with E-state index in [1.165, 1.54) is 13.8 Å². The van der Waals surface area contributed by atoms with E-state index in [0.717, 1.165) is 0 Å². The minimum atomic E-state index is -5.24. The molecule has 1 rings (SSSR count). The first-order chi connectivity index (χ1) is 13.4. The van der Waals surface area contributed by atoms with Crippen LogP contribution in [0.3, 0.4) is 0 Å². The van der Waals surface area contributed by atoms with Gasteiger partial charge in [0.25, 0.3) is 0 Å². The molecular formula is C16H34O12SSe. The third kappa shape index (κ3) is 5.52. The van der Waals surface area contributed by atoms with E-state index in [1.54, 1.807) is 13.8 Å². The molecule has 1 unspecified atom stereocenters. The van der Waals surface area contributed by atoms with E-state index < -0.39 is 93.7 Å². The van der Waals surface area contributed by atoms with Gasteiger partial charge in [-0.1, -0.05) is 0 Å². The van der Waals surface area contributed by atoms with E-state index in [4.69, 9.17) is 9.66 Å². The van der Waals surface area contributed by atoms with E-state index in [0.29, 0.717) is 0 Å². The number of aliphatic hydroxyl groups is 8. The summed E-state index contributed by atoms with van der Waals surface area (Å²) in [5.41, 5.74) is 0. The van der Waals surface area contributed by atoms with Crippen molar-refractivity contribution in [3.8, 4) is 0 Å². The quantitative estimate of drug-likeness (QED) is 0.0992. The van der Waals surface area contributed by atoms with E-state index in [2.05, 4.69) is 4.18 Å². The molecule has 0 aromatic heterocycles. The summed E-state index contributed by atoms with van der Waals surface area (Å²) in [5, 5.41) is 80.5. The van der Waals surface area contributed by atoms with Crippen LogP contribution in [-0.4, -0.2) is 124 Å². The predicted molar refractivity (Wildman–Crippen MR) is 106 cm³/mol. The minimum absolute atomic E-state index is 0.518. The zero-order chi connectivity index (χ0) is 23.8. The Bertz CT molecular complexity index is 671. The average molecular weight is 529 g/mol. The van der Waals surface area contributed by atoms with Gasteiger partial charge in [-0.05, 0) is 0 Å². The normalized spacial score (nSPS) is 33.6. The fourth-order valence-corrected chi connectivity index (χ4v) is 14.6. The Morgan fingerprint density at radius 1 is 1.07 bits per heavy atom. The molecule has 12 nitrogen and oxygen atoms in total. The van der Waals surface area contributed by atoms with Crippen LogP contribution >= 0.6 is 0 Å². The van der Waals surface area contributed by atoms with Gasteiger partial charge in [-0.25, -0.2) is 0 Å². The first-order valence-electron chi connectivity index (χ1n) is 9.20. The van der Waals surface area contributed by atoms with Crippen molar-refractivity contribution >= 4 is 24.3 Å². The summed E-state index contributed by atoms with van der Waals surface area (Å²) in [4.78, 5) is -0.802. The molecule has 1 aliphatic rings. The molecule has 0 aliphatic carbocycles. The van der Waals surface area contributed by atoms with Gasteiger partial charge in [0.1, 0.15) is 0 Å². The van der Waals surface area contributed by atoms with Gasteiger partial charge in [-0.3, -0.25) is 0 Å². The average Bonchev–Trinajstić information content (AvgIpc) is 2.82. The summed E-state index contributed by atoms with van der Waals surface area (Å²) in [6.07, 6.45) is -12.9. The van der Waals surface area contributed by atoms with Crippen molar-refractivity contribution in [1.82, 2.24) is 0 Å². The standard InChI is InChI=1S/C16H34O12SSe/c1-15(2)13(23)10(21)8(6-18)30(15)16(3,4)14(24)12(28-29(25,26)27)11(22)9(20)7(19)5-17/h7-14,17-24,30H,5-6H2,1-4H3,(H,25,26,27)/t7-,8+,9+,10+,11+,12-,13-,14-/m0/s1. The van der Waals surface area contributed by atoms with Crippen LogP contribution in [0.1, 0.15) is 27.7 Å². The molecule has 1 saturated heterocycles. The van der Waals surface area contributed by atoms with E-state index >= 15 is 0 Å². The second-order valence-corrected chi connectivity index (χ2v) is 17.4.